The highest BCUT2D eigenvalue weighted by molar-refractivity contribution is 5.96. The van der Waals surface area contributed by atoms with Gasteiger partial charge in [-0.15, -0.1) is 0 Å². The van der Waals surface area contributed by atoms with Crippen molar-refractivity contribution in [3.63, 3.8) is 0 Å². The second kappa shape index (κ2) is 10.3. The maximum Gasteiger partial charge on any atom is 0.321 e. The maximum atomic E-state index is 12.2. The van der Waals surface area contributed by atoms with E-state index in [9.17, 15) is 14.4 Å². The summed E-state index contributed by atoms with van der Waals surface area (Å²) < 4.78 is 0. The van der Waals surface area contributed by atoms with Crippen molar-refractivity contribution in [1.29, 1.82) is 0 Å². The first-order valence-electron chi connectivity index (χ1n) is 9.57. The number of benzene rings is 2. The smallest absolute Gasteiger partial charge is 0.321 e. The lowest BCUT2D eigenvalue weighted by molar-refractivity contribution is -0.118. The molecule has 0 bridgehead atoms. The van der Waals surface area contributed by atoms with Gasteiger partial charge in [0.15, 0.2) is 0 Å². The molecule has 0 aliphatic heterocycles. The minimum absolute atomic E-state index is 0.0623. The van der Waals surface area contributed by atoms with Crippen LogP contribution in [0.4, 0.5) is 10.5 Å². The molecule has 2 aromatic carbocycles. The number of anilines is 1. The van der Waals surface area contributed by atoms with Gasteiger partial charge in [0.2, 0.25) is 5.91 Å². The predicted molar refractivity (Wildman–Crippen MR) is 114 cm³/mol. The number of carbonyl (C=O) groups excluding carboxylic acids is 3. The minimum atomic E-state index is -0.550. The topological polar surface area (TPSA) is 99.3 Å². The highest BCUT2D eigenvalue weighted by Crippen LogP contribution is 2.12. The summed E-state index contributed by atoms with van der Waals surface area (Å²) in [7, 11) is 0. The molecule has 4 N–H and O–H groups in total. The van der Waals surface area contributed by atoms with Gasteiger partial charge in [-0.3, -0.25) is 14.9 Å². The number of hydrogen-bond donors (Lipinski definition) is 4. The number of carbonyl (C=O) groups is 3. The Morgan fingerprint density at radius 3 is 2.21 bits per heavy atom. The van der Waals surface area contributed by atoms with E-state index >= 15 is 0 Å². The first-order valence-corrected chi connectivity index (χ1v) is 9.57. The molecule has 0 atom stereocenters. The lowest BCUT2D eigenvalue weighted by Gasteiger charge is -2.24. The van der Waals surface area contributed by atoms with Crippen LogP contribution in [0.15, 0.2) is 54.6 Å². The van der Waals surface area contributed by atoms with E-state index in [2.05, 4.69) is 21.3 Å². The minimum Gasteiger partial charge on any atom is -0.376 e. The van der Waals surface area contributed by atoms with Crippen molar-refractivity contribution in [2.75, 3.05) is 11.9 Å². The Balaban J connectivity index is 1.75. The summed E-state index contributed by atoms with van der Waals surface area (Å²) in [6, 6.07) is 15.7. The molecule has 2 aromatic rings. The fraction of sp³-hybridized carbons (Fsp3) is 0.318. The Labute approximate surface area is 171 Å². The Hall–Kier alpha value is -3.35. The maximum absolute atomic E-state index is 12.2. The van der Waals surface area contributed by atoms with Crippen LogP contribution < -0.4 is 21.3 Å². The summed E-state index contributed by atoms with van der Waals surface area (Å²) in [5.41, 5.74) is 1.89. The number of rotatable bonds is 8. The van der Waals surface area contributed by atoms with Gasteiger partial charge >= 0.3 is 6.03 Å². The van der Waals surface area contributed by atoms with Gasteiger partial charge in [0.1, 0.15) is 0 Å². The molecule has 7 heteroatoms. The van der Waals surface area contributed by atoms with Crippen molar-refractivity contribution >= 4 is 23.5 Å². The van der Waals surface area contributed by atoms with E-state index in [0.29, 0.717) is 17.8 Å². The molecule has 0 unspecified atom stereocenters. The van der Waals surface area contributed by atoms with Crippen LogP contribution in [0.1, 0.15) is 43.1 Å². The zero-order chi connectivity index (χ0) is 21.3. The summed E-state index contributed by atoms with van der Waals surface area (Å²) in [6.07, 6.45) is 0.826. The Bertz CT molecular complexity index is 833. The van der Waals surface area contributed by atoms with E-state index in [1.807, 2.05) is 51.1 Å². The summed E-state index contributed by atoms with van der Waals surface area (Å²) in [6.45, 7) is 6.23. The Kier molecular flexibility index (Phi) is 7.77. The number of hydrogen-bond acceptors (Lipinski definition) is 4. The largest absolute Gasteiger partial charge is 0.376 e. The molecule has 29 heavy (non-hydrogen) atoms. The quantitative estimate of drug-likeness (QED) is 0.551. The zero-order valence-electron chi connectivity index (χ0n) is 17.0. The lowest BCUT2D eigenvalue weighted by Crippen LogP contribution is -2.42. The van der Waals surface area contributed by atoms with Gasteiger partial charge in [0.05, 0.1) is 6.54 Å². The van der Waals surface area contributed by atoms with E-state index in [1.54, 1.807) is 24.3 Å². The second-order valence-corrected chi connectivity index (χ2v) is 7.34. The van der Waals surface area contributed by atoms with Crippen molar-refractivity contribution in [2.24, 2.45) is 0 Å². The van der Waals surface area contributed by atoms with Crippen LogP contribution in [-0.4, -0.2) is 29.9 Å². The number of nitrogens with one attached hydrogen (secondary N) is 4. The van der Waals surface area contributed by atoms with E-state index in [4.69, 9.17) is 0 Å². The summed E-state index contributed by atoms with van der Waals surface area (Å²) in [4.78, 5) is 35.9. The first kappa shape index (κ1) is 21.9. The van der Waals surface area contributed by atoms with Crippen LogP contribution in [0.3, 0.4) is 0 Å². The highest BCUT2D eigenvalue weighted by Gasteiger charge is 2.18. The SMILES string of the molecule is CCC(C)(C)NC(=O)c1ccc(NCC(=O)NC(=O)NCc2ccccc2)cc1. The fourth-order valence-corrected chi connectivity index (χ4v) is 2.38. The first-order chi connectivity index (χ1) is 13.8. The van der Waals surface area contributed by atoms with Crippen LogP contribution in [0, 0.1) is 0 Å². The standard InChI is InChI=1S/C22H28N4O3/c1-4-22(2,3)26-20(28)17-10-12-18(13-11-17)23-15-19(27)25-21(29)24-14-16-8-6-5-7-9-16/h5-13,23H,4,14-15H2,1-3H3,(H,26,28)(H2,24,25,27,29). The molecule has 2 rings (SSSR count). The molecule has 7 nitrogen and oxygen atoms in total. The molecule has 154 valence electrons. The molecule has 0 radical (unpaired) electrons. The van der Waals surface area contributed by atoms with Crippen LogP contribution in [0.5, 0.6) is 0 Å². The number of imide groups is 1. The van der Waals surface area contributed by atoms with Crippen molar-refractivity contribution in [3.05, 3.63) is 65.7 Å². The molecule has 0 saturated carbocycles. The van der Waals surface area contributed by atoms with Gasteiger partial charge in [-0.05, 0) is 50.1 Å². The van der Waals surface area contributed by atoms with Crippen LogP contribution in [0.2, 0.25) is 0 Å². The van der Waals surface area contributed by atoms with Crippen LogP contribution in [-0.2, 0) is 11.3 Å². The van der Waals surface area contributed by atoms with Gasteiger partial charge in [0.25, 0.3) is 5.91 Å². The van der Waals surface area contributed by atoms with Crippen molar-refractivity contribution < 1.29 is 14.4 Å². The average molecular weight is 396 g/mol. The van der Waals surface area contributed by atoms with Crippen LogP contribution >= 0.6 is 0 Å². The van der Waals surface area contributed by atoms with Crippen molar-refractivity contribution in [2.45, 2.75) is 39.3 Å². The summed E-state index contributed by atoms with van der Waals surface area (Å²) in [5, 5.41) is 10.8. The van der Waals surface area contributed by atoms with E-state index in [1.165, 1.54) is 0 Å². The third-order valence-electron chi connectivity index (χ3n) is 4.48. The lowest BCUT2D eigenvalue weighted by atomic mass is 10.0. The molecule has 0 aromatic heterocycles. The second-order valence-electron chi connectivity index (χ2n) is 7.34. The monoisotopic (exact) mass is 396 g/mol. The van der Waals surface area contributed by atoms with Gasteiger partial charge < -0.3 is 16.0 Å². The molecular weight excluding hydrogens is 368 g/mol. The van der Waals surface area contributed by atoms with Crippen molar-refractivity contribution in [1.82, 2.24) is 16.0 Å². The van der Waals surface area contributed by atoms with Crippen molar-refractivity contribution in [3.8, 4) is 0 Å². The molecule has 4 amide bonds. The molecule has 0 aliphatic rings. The summed E-state index contributed by atoms with van der Waals surface area (Å²) >= 11 is 0. The molecular formula is C22H28N4O3. The molecule has 0 heterocycles. The highest BCUT2D eigenvalue weighted by atomic mass is 16.2. The molecule has 0 aliphatic carbocycles. The Morgan fingerprint density at radius 2 is 1.59 bits per heavy atom. The third-order valence-corrected chi connectivity index (χ3v) is 4.48. The van der Waals surface area contributed by atoms with E-state index in [0.717, 1.165) is 12.0 Å². The van der Waals surface area contributed by atoms with Gasteiger partial charge in [-0.2, -0.15) is 0 Å². The zero-order valence-corrected chi connectivity index (χ0v) is 17.0. The number of amides is 4. The van der Waals surface area contributed by atoms with E-state index in [-0.39, 0.29) is 18.0 Å². The molecule has 0 fully saturated rings. The van der Waals surface area contributed by atoms with Gasteiger partial charge in [-0.1, -0.05) is 37.3 Å². The average Bonchev–Trinajstić information content (AvgIpc) is 2.71. The number of urea groups is 1. The third kappa shape index (κ3) is 7.65. The normalized spacial score (nSPS) is 10.7. The van der Waals surface area contributed by atoms with E-state index < -0.39 is 11.9 Å². The molecule has 0 spiro atoms. The van der Waals surface area contributed by atoms with Gasteiger partial charge in [0, 0.05) is 23.3 Å². The fourth-order valence-electron chi connectivity index (χ4n) is 2.38. The Morgan fingerprint density at radius 1 is 0.931 bits per heavy atom. The van der Waals surface area contributed by atoms with Crippen LogP contribution in [0.25, 0.3) is 0 Å². The predicted octanol–water partition coefficient (Wildman–Crippen LogP) is 3.04. The van der Waals surface area contributed by atoms with Gasteiger partial charge in [-0.25, -0.2) is 4.79 Å². The molecule has 0 saturated heterocycles. The summed E-state index contributed by atoms with van der Waals surface area (Å²) in [5.74, 6) is -0.599.